The number of hydrogen-bond acceptors (Lipinski definition) is 7. The third-order valence-corrected chi connectivity index (χ3v) is 2.32. The molecule has 0 aliphatic rings. The van der Waals surface area contributed by atoms with Crippen LogP contribution >= 0.6 is 24.4 Å². The van der Waals surface area contributed by atoms with Crippen molar-refractivity contribution in [1.82, 2.24) is 9.97 Å². The molecule has 2 aromatic rings. The zero-order chi connectivity index (χ0) is 13.5. The molecule has 20 heavy (non-hydrogen) atoms. The van der Waals surface area contributed by atoms with Gasteiger partial charge in [-0.2, -0.15) is 9.98 Å². The molecule has 2 heterocycles. The van der Waals surface area contributed by atoms with E-state index in [0.29, 0.717) is 23.0 Å². The Morgan fingerprint density at radius 1 is 1.00 bits per heavy atom. The second-order valence-corrected chi connectivity index (χ2v) is 3.64. The van der Waals surface area contributed by atoms with Crippen molar-refractivity contribution in [1.29, 1.82) is 0 Å². The molecule has 0 aromatic carbocycles. The third-order valence-electron chi connectivity index (χ3n) is 2.14. The number of hydrogen-bond donors (Lipinski definition) is 1. The summed E-state index contributed by atoms with van der Waals surface area (Å²) in [6.45, 7) is 0. The number of nitrogens with zero attached hydrogens (tertiary/aromatic N) is 4. The molecule has 0 amide bonds. The topological polar surface area (TPSA) is 62.5 Å². The molecule has 0 saturated carbocycles. The Bertz CT molecular complexity index is 680. The van der Waals surface area contributed by atoms with Crippen LogP contribution in [0.4, 0.5) is 23.0 Å². The fraction of sp³-hybridized carbons (Fsp3) is 0. The predicted octanol–water partition coefficient (Wildman–Crippen LogP) is 3.69. The van der Waals surface area contributed by atoms with Crippen LogP contribution in [0.25, 0.3) is 0 Å². The zero-order valence-corrected chi connectivity index (χ0v) is 12.6. The molecular weight excluding hydrogens is 337 g/mol. The van der Waals surface area contributed by atoms with E-state index in [4.69, 9.17) is 0 Å². The number of thiocarbonyl (C=S) groups is 2. The summed E-state index contributed by atoms with van der Waals surface area (Å²) in [5, 5.41) is 7.62. The van der Waals surface area contributed by atoms with E-state index < -0.39 is 0 Å². The minimum absolute atomic E-state index is 0. The number of anilines is 2. The molecule has 2 aromatic heterocycles. The van der Waals surface area contributed by atoms with Crippen LogP contribution < -0.4 is 5.32 Å². The summed E-state index contributed by atoms with van der Waals surface area (Å²) in [4.78, 5) is 16.2. The minimum atomic E-state index is 0. The average molecular weight is 344 g/mol. The molecule has 0 bridgehead atoms. The van der Waals surface area contributed by atoms with Gasteiger partial charge >= 0.3 is 16.8 Å². The quantitative estimate of drug-likeness (QED) is 0.677. The first kappa shape index (κ1) is 16.3. The maximum atomic E-state index is 4.63. The van der Waals surface area contributed by atoms with Crippen LogP contribution in [0.15, 0.2) is 46.6 Å². The first-order valence-electron chi connectivity index (χ1n) is 5.18. The standard InChI is InChI=1S/C12H7N5S2.Co/c18-7-15-9-4-6-14-12(11(9)16-8-19)17-10-3-1-2-5-13-10;/h1-6H,(H,13,14,17);/q;+2. The summed E-state index contributed by atoms with van der Waals surface area (Å²) in [7, 11) is 0. The first-order chi connectivity index (χ1) is 9.35. The van der Waals surface area contributed by atoms with Crippen molar-refractivity contribution in [3.63, 3.8) is 0 Å². The predicted molar refractivity (Wildman–Crippen MR) is 81.1 cm³/mol. The Hall–Kier alpha value is -1.79. The van der Waals surface area contributed by atoms with E-state index in [1.807, 2.05) is 18.2 Å². The maximum Gasteiger partial charge on any atom is 2.00 e. The van der Waals surface area contributed by atoms with Gasteiger partial charge in [-0.1, -0.05) is 6.07 Å². The van der Waals surface area contributed by atoms with Crippen LogP contribution in [0.3, 0.4) is 0 Å². The summed E-state index contributed by atoms with van der Waals surface area (Å²) in [6, 6.07) is 7.15. The number of nitrogens with one attached hydrogen (secondary N) is 1. The van der Waals surface area contributed by atoms with Crippen molar-refractivity contribution in [3.8, 4) is 0 Å². The summed E-state index contributed by atoms with van der Waals surface area (Å²) >= 11 is 9.22. The van der Waals surface area contributed by atoms with Gasteiger partial charge in [0, 0.05) is 12.4 Å². The molecule has 0 aliphatic heterocycles. The van der Waals surface area contributed by atoms with Gasteiger partial charge in [-0.05, 0) is 42.6 Å². The van der Waals surface area contributed by atoms with Crippen molar-refractivity contribution in [2.75, 3.05) is 5.32 Å². The van der Waals surface area contributed by atoms with E-state index in [2.05, 4.69) is 60.0 Å². The van der Waals surface area contributed by atoms with Gasteiger partial charge in [0.2, 0.25) is 0 Å². The number of aromatic nitrogens is 2. The van der Waals surface area contributed by atoms with Crippen molar-refractivity contribution in [2.45, 2.75) is 0 Å². The summed E-state index contributed by atoms with van der Waals surface area (Å²) < 4.78 is 0. The van der Waals surface area contributed by atoms with Gasteiger partial charge in [-0.25, -0.2) is 9.97 Å². The third kappa shape index (κ3) is 4.11. The van der Waals surface area contributed by atoms with Gasteiger partial charge in [0.15, 0.2) is 5.82 Å². The molecule has 0 fully saturated rings. The smallest absolute Gasteiger partial charge is 0.323 e. The second kappa shape index (κ2) is 8.39. The average Bonchev–Trinajstić information content (AvgIpc) is 2.44. The molecule has 1 radical (unpaired) electrons. The molecule has 0 saturated heterocycles. The van der Waals surface area contributed by atoms with Crippen molar-refractivity contribution < 1.29 is 16.8 Å². The van der Waals surface area contributed by atoms with Crippen molar-refractivity contribution >= 4 is 57.8 Å². The normalized spacial score (nSPS) is 8.60. The van der Waals surface area contributed by atoms with E-state index in [-0.39, 0.29) is 16.8 Å². The Kier molecular flexibility index (Phi) is 6.82. The van der Waals surface area contributed by atoms with Crippen LogP contribution in [0, 0.1) is 0 Å². The van der Waals surface area contributed by atoms with Crippen LogP contribution in [0.2, 0.25) is 0 Å². The molecule has 8 heteroatoms. The van der Waals surface area contributed by atoms with Crippen LogP contribution in [0.1, 0.15) is 0 Å². The van der Waals surface area contributed by atoms with E-state index in [1.165, 1.54) is 0 Å². The largest absolute Gasteiger partial charge is 2.00 e. The summed E-state index contributed by atoms with van der Waals surface area (Å²) in [5.41, 5.74) is 0.960. The Morgan fingerprint density at radius 2 is 1.80 bits per heavy atom. The SMILES string of the molecule is S=C=Nc1ccnc(Nc2ccccn2)c1N=C=S.[Co+2]. The molecule has 0 spiro atoms. The Balaban J connectivity index is 0.00000200. The summed E-state index contributed by atoms with van der Waals surface area (Å²) in [5.74, 6) is 1.11. The van der Waals surface area contributed by atoms with Gasteiger partial charge in [0.05, 0.1) is 10.3 Å². The van der Waals surface area contributed by atoms with Gasteiger partial charge in [-0.3, -0.25) is 0 Å². The molecule has 5 nitrogen and oxygen atoms in total. The van der Waals surface area contributed by atoms with Crippen molar-refractivity contribution in [3.05, 3.63) is 36.7 Å². The molecule has 0 aliphatic carbocycles. The molecule has 0 unspecified atom stereocenters. The molecule has 2 rings (SSSR count). The van der Waals surface area contributed by atoms with Gasteiger partial charge in [0.25, 0.3) is 0 Å². The van der Waals surface area contributed by atoms with Gasteiger partial charge < -0.3 is 5.32 Å². The van der Waals surface area contributed by atoms with Crippen LogP contribution in [0.5, 0.6) is 0 Å². The Labute approximate surface area is 136 Å². The fourth-order valence-corrected chi connectivity index (χ4v) is 1.58. The monoisotopic (exact) mass is 344 g/mol. The number of pyridine rings is 2. The van der Waals surface area contributed by atoms with Crippen LogP contribution in [-0.2, 0) is 16.8 Å². The number of aliphatic imine (C=N–C) groups is 2. The minimum Gasteiger partial charge on any atom is -0.323 e. The van der Waals surface area contributed by atoms with Gasteiger partial charge in [-0.15, -0.1) is 0 Å². The second-order valence-electron chi connectivity index (χ2n) is 3.27. The van der Waals surface area contributed by atoms with E-state index >= 15 is 0 Å². The van der Waals surface area contributed by atoms with E-state index in [0.717, 1.165) is 0 Å². The zero-order valence-electron chi connectivity index (χ0n) is 9.90. The van der Waals surface area contributed by atoms with E-state index in [1.54, 1.807) is 18.5 Å². The molecule has 99 valence electrons. The number of isothiocyanates is 2. The first-order valence-corrected chi connectivity index (χ1v) is 5.99. The number of rotatable bonds is 4. The van der Waals surface area contributed by atoms with Crippen molar-refractivity contribution in [2.24, 2.45) is 9.98 Å². The van der Waals surface area contributed by atoms with E-state index in [9.17, 15) is 0 Å². The Morgan fingerprint density at radius 3 is 2.45 bits per heavy atom. The molecule has 1 N–H and O–H groups in total. The molecular formula is C12H7CoN5S2+2. The summed E-state index contributed by atoms with van der Waals surface area (Å²) in [6.07, 6.45) is 3.25. The van der Waals surface area contributed by atoms with Gasteiger partial charge in [0.1, 0.15) is 17.2 Å². The maximum absolute atomic E-state index is 4.63. The van der Waals surface area contributed by atoms with Crippen LogP contribution in [-0.4, -0.2) is 20.3 Å². The fourth-order valence-electron chi connectivity index (χ4n) is 1.39. The molecule has 0 atom stereocenters.